The Morgan fingerprint density at radius 3 is 2.33 bits per heavy atom. The predicted octanol–water partition coefficient (Wildman–Crippen LogP) is 8.04. The number of allylic oxidation sites excluding steroid dienone is 3. The normalized spacial score (nSPS) is 43.1. The van der Waals surface area contributed by atoms with Crippen LogP contribution in [0.5, 0.6) is 0 Å². The Bertz CT molecular complexity index is 1800. The smallest absolute Gasteiger partial charge is 0.337 e. The molecule has 54 heavy (non-hydrogen) atoms. The molecule has 5 aliphatic carbocycles. The Hall–Kier alpha value is -2.00. The summed E-state index contributed by atoms with van der Waals surface area (Å²) >= 11 is 0. The molecular formula is C46H68N2O5S. The van der Waals surface area contributed by atoms with Crippen molar-refractivity contribution in [2.75, 3.05) is 45.6 Å². The zero-order chi connectivity index (χ0) is 38.6. The fourth-order valence-electron chi connectivity index (χ4n) is 15.6. The van der Waals surface area contributed by atoms with E-state index in [1.165, 1.54) is 75.2 Å². The van der Waals surface area contributed by atoms with Gasteiger partial charge >= 0.3 is 5.97 Å². The molecule has 298 valence electrons. The molecule has 6 fully saturated rings. The Morgan fingerprint density at radius 2 is 1.70 bits per heavy atom. The topological polar surface area (TPSA) is 87.2 Å². The van der Waals surface area contributed by atoms with Gasteiger partial charge in [-0.15, -0.1) is 0 Å². The molecule has 8 heteroatoms. The molecule has 4 saturated carbocycles. The molecule has 0 radical (unpaired) electrons. The number of aliphatic hydroxyl groups excluding tert-OH is 1. The Kier molecular flexibility index (Phi) is 9.55. The third-order valence-corrected chi connectivity index (χ3v) is 20.5. The molecule has 1 N–H and O–H groups in total. The Morgan fingerprint density at radius 1 is 0.963 bits per heavy atom. The summed E-state index contributed by atoms with van der Waals surface area (Å²) in [5.74, 6) is 2.90. The zero-order valence-corrected chi connectivity index (χ0v) is 35.1. The van der Waals surface area contributed by atoms with E-state index in [-0.39, 0.29) is 51.1 Å². The number of hydrogen-bond donors (Lipinski definition) is 1. The molecule has 7 aliphatic rings. The largest absolute Gasteiger partial charge is 0.465 e. The van der Waals surface area contributed by atoms with Gasteiger partial charge in [0.1, 0.15) is 0 Å². The molecular weight excluding hydrogens is 693 g/mol. The highest BCUT2D eigenvalue weighted by atomic mass is 32.2. The lowest BCUT2D eigenvalue weighted by Crippen LogP contribution is -2.68. The highest BCUT2D eigenvalue weighted by Crippen LogP contribution is 2.77. The molecule has 2 heterocycles. The van der Waals surface area contributed by atoms with Gasteiger partial charge in [0.05, 0.1) is 30.3 Å². The summed E-state index contributed by atoms with van der Waals surface area (Å²) in [7, 11) is -1.48. The van der Waals surface area contributed by atoms with E-state index in [0.717, 1.165) is 25.9 Å². The van der Waals surface area contributed by atoms with Crippen LogP contribution in [0.2, 0.25) is 0 Å². The fraction of sp³-hybridized carbons (Fsp3) is 0.761. The maximum atomic E-state index is 12.5. The number of rotatable bonds is 9. The first kappa shape index (κ1) is 38.9. The van der Waals surface area contributed by atoms with Crippen LogP contribution in [0.3, 0.4) is 0 Å². The van der Waals surface area contributed by atoms with Crippen LogP contribution in [-0.2, 0) is 14.6 Å². The number of benzene rings is 1. The minimum Gasteiger partial charge on any atom is -0.465 e. The molecule has 7 nitrogen and oxygen atoms in total. The van der Waals surface area contributed by atoms with Crippen LogP contribution >= 0.6 is 0 Å². The van der Waals surface area contributed by atoms with Crippen molar-refractivity contribution < 1.29 is 23.1 Å². The van der Waals surface area contributed by atoms with Crippen LogP contribution in [0, 0.1) is 51.2 Å². The number of ether oxygens (including phenoxy) is 1. The van der Waals surface area contributed by atoms with E-state index < -0.39 is 9.84 Å². The predicted molar refractivity (Wildman–Crippen MR) is 217 cm³/mol. The van der Waals surface area contributed by atoms with Crippen molar-refractivity contribution in [1.82, 2.24) is 9.80 Å². The van der Waals surface area contributed by atoms with Crippen molar-refractivity contribution in [1.29, 1.82) is 0 Å². The molecule has 8 rings (SSSR count). The first-order valence-corrected chi connectivity index (χ1v) is 23.0. The number of nitrogens with zero attached hydrogens (tertiary/aromatic N) is 2. The summed E-state index contributed by atoms with van der Waals surface area (Å²) in [6.07, 6.45) is 14.3. The number of β-amino-alcohol motifs (C(OH)–C–C–N with tert-alkyl or cyclic N) is 1. The van der Waals surface area contributed by atoms with Crippen molar-refractivity contribution in [2.45, 2.75) is 123 Å². The van der Waals surface area contributed by atoms with Gasteiger partial charge in [0.25, 0.3) is 0 Å². The Balaban J connectivity index is 1.08. The van der Waals surface area contributed by atoms with E-state index in [4.69, 9.17) is 4.74 Å². The van der Waals surface area contributed by atoms with Gasteiger partial charge in [-0.3, -0.25) is 9.80 Å². The van der Waals surface area contributed by atoms with Gasteiger partial charge < -0.3 is 9.84 Å². The van der Waals surface area contributed by atoms with Crippen molar-refractivity contribution in [3.63, 3.8) is 0 Å². The van der Waals surface area contributed by atoms with E-state index >= 15 is 0 Å². The zero-order valence-electron chi connectivity index (χ0n) is 34.3. The molecule has 1 aromatic carbocycles. The number of likely N-dealkylation sites (tertiary alicyclic amines) is 1. The van der Waals surface area contributed by atoms with Gasteiger partial charge in [-0.2, -0.15) is 0 Å². The molecule has 0 spiro atoms. The first-order valence-electron chi connectivity index (χ1n) is 21.3. The van der Waals surface area contributed by atoms with Crippen LogP contribution in [-0.4, -0.2) is 91.8 Å². The quantitative estimate of drug-likeness (QED) is 0.202. The number of aliphatic hydroxyl groups is 1. The van der Waals surface area contributed by atoms with Gasteiger partial charge in [0.15, 0.2) is 9.84 Å². The van der Waals surface area contributed by atoms with Crippen LogP contribution in [0.1, 0.15) is 122 Å². The van der Waals surface area contributed by atoms with E-state index in [0.29, 0.717) is 54.0 Å². The summed E-state index contributed by atoms with van der Waals surface area (Å²) < 4.78 is 30.1. The third kappa shape index (κ3) is 5.48. The molecule has 1 aromatic rings. The van der Waals surface area contributed by atoms with Gasteiger partial charge in [0.2, 0.25) is 0 Å². The van der Waals surface area contributed by atoms with Crippen molar-refractivity contribution >= 4 is 21.4 Å². The lowest BCUT2D eigenvalue weighted by Gasteiger charge is -2.73. The molecule has 2 saturated heterocycles. The summed E-state index contributed by atoms with van der Waals surface area (Å²) in [5, 5.41) is 10.4. The number of methoxy groups -OCH3 is 1. The number of carbonyl (C=O) groups is 1. The van der Waals surface area contributed by atoms with Crippen LogP contribution in [0.15, 0.2) is 42.5 Å². The van der Waals surface area contributed by atoms with E-state index in [1.807, 2.05) is 12.1 Å². The maximum Gasteiger partial charge on any atom is 0.337 e. The van der Waals surface area contributed by atoms with Gasteiger partial charge in [-0.05, 0) is 146 Å². The van der Waals surface area contributed by atoms with Crippen LogP contribution < -0.4 is 0 Å². The van der Waals surface area contributed by atoms with E-state index in [1.54, 1.807) is 0 Å². The third-order valence-electron chi connectivity index (χ3n) is 18.3. The fourth-order valence-corrected chi connectivity index (χ4v) is 17.7. The molecule has 0 unspecified atom stereocenters. The van der Waals surface area contributed by atoms with Crippen LogP contribution in [0.25, 0.3) is 5.57 Å². The highest BCUT2D eigenvalue weighted by Gasteiger charge is 2.71. The number of esters is 1. The number of sulfone groups is 1. The number of fused-ring (bicyclic) bond motifs is 9. The Labute approximate surface area is 326 Å². The van der Waals surface area contributed by atoms with Gasteiger partial charge in [-0.1, -0.05) is 65.0 Å². The van der Waals surface area contributed by atoms with Gasteiger partial charge in [-0.25, -0.2) is 13.2 Å². The van der Waals surface area contributed by atoms with Gasteiger partial charge in [0, 0.05) is 37.8 Å². The maximum absolute atomic E-state index is 12.5. The van der Waals surface area contributed by atoms with Crippen molar-refractivity contribution in [3.8, 4) is 0 Å². The summed E-state index contributed by atoms with van der Waals surface area (Å²) in [5.41, 5.74) is 5.33. The average Bonchev–Trinajstić information content (AvgIpc) is 3.80. The monoisotopic (exact) mass is 760 g/mol. The summed E-state index contributed by atoms with van der Waals surface area (Å²) in [4.78, 5) is 17.3. The van der Waals surface area contributed by atoms with Crippen molar-refractivity contribution in [3.05, 3.63) is 53.6 Å². The second-order valence-electron chi connectivity index (χ2n) is 20.4. The molecule has 2 aliphatic heterocycles. The molecule has 0 amide bonds. The summed E-state index contributed by atoms with van der Waals surface area (Å²) in [6.45, 7) is 23.3. The first-order chi connectivity index (χ1) is 25.5. The lowest BCUT2D eigenvalue weighted by atomic mass is 9.33. The average molecular weight is 761 g/mol. The SMILES string of the molecule is C=C(C)[C@@H]1CC[C@]2(N(CCO)CCN3C[C@@H]4C[C@H]3CS4(=O)=O)CC[C@]3(C)[C@H](CC[C@@H]4[C@@]5(C)CC=C(c6ccc(C(=O)OC)cc6)C(C)(C)[C@@H]5CC[C@]43C)[C@@H]12. The summed E-state index contributed by atoms with van der Waals surface area (Å²) in [6, 6.07) is 8.24. The minimum absolute atomic E-state index is 0.0148. The standard InChI is InChI=1S/C46H68N2O5S/c1-30(2)35-15-20-46(48(25-26-49)24-23-47-28-34-27-33(47)29-54(34,51)52)22-21-44(6)37(40(35)46)13-14-39-43(5)18-16-36(31-9-11-32(12-10-31)41(50)53-8)42(3,4)38(43)17-19-45(39,44)7/h9-12,16,33-35,37-40,49H,1,13-15,17-29H2,2-8H3/t33-,34-,35-,37+,38-,39+,40+,43-,44+,45+,46-/m0/s1. The van der Waals surface area contributed by atoms with Crippen molar-refractivity contribution in [2.24, 2.45) is 51.2 Å². The minimum atomic E-state index is -2.92. The molecule has 0 aromatic heterocycles. The number of carbonyl (C=O) groups excluding carboxylic acids is 1. The molecule has 2 bridgehead atoms. The second kappa shape index (κ2) is 13.3. The van der Waals surface area contributed by atoms with E-state index in [9.17, 15) is 18.3 Å². The highest BCUT2D eigenvalue weighted by molar-refractivity contribution is 7.92. The second-order valence-corrected chi connectivity index (χ2v) is 22.8. The lowest BCUT2D eigenvalue weighted by molar-refractivity contribution is -0.228. The van der Waals surface area contributed by atoms with E-state index in [2.05, 4.69) is 76.1 Å². The van der Waals surface area contributed by atoms with Crippen LogP contribution in [0.4, 0.5) is 0 Å². The molecule has 11 atom stereocenters. The number of hydrogen-bond acceptors (Lipinski definition) is 7.